The van der Waals surface area contributed by atoms with Crippen LogP contribution in [0.1, 0.15) is 148 Å². The average molecular weight is 1490 g/mol. The number of benzene rings is 8. The third kappa shape index (κ3) is 16.1. The quantitative estimate of drug-likeness (QED) is 0.0372. The van der Waals surface area contributed by atoms with Crippen molar-refractivity contribution in [1.82, 2.24) is 9.97 Å². The Bertz CT molecular complexity index is 5370. The number of fused-ring (bicyclic) bond motifs is 3. The number of carboxylic acids is 2. The van der Waals surface area contributed by atoms with Gasteiger partial charge in [0.2, 0.25) is 5.91 Å². The van der Waals surface area contributed by atoms with E-state index in [4.69, 9.17) is 45.8 Å². The lowest BCUT2D eigenvalue weighted by atomic mass is 9.84. The third-order valence-corrected chi connectivity index (χ3v) is 18.3. The number of nitrogens with two attached hydrogens (primary N) is 1. The molecule has 4 N–H and O–H groups in total. The molecule has 0 radical (unpaired) electrons. The highest BCUT2D eigenvalue weighted by molar-refractivity contribution is 7.88. The number of primary amides is 1. The van der Waals surface area contributed by atoms with E-state index in [9.17, 15) is 69.4 Å². The summed E-state index contributed by atoms with van der Waals surface area (Å²) in [7, 11) is -6.20. The minimum atomic E-state index is -6.20. The van der Waals surface area contributed by atoms with E-state index in [1.54, 1.807) is 107 Å². The van der Waals surface area contributed by atoms with Crippen LogP contribution in [0, 0.1) is 49.6 Å². The average Bonchev–Trinajstić information content (AvgIpc) is 0.728. The van der Waals surface area contributed by atoms with Crippen LogP contribution in [0.5, 0.6) is 17.2 Å². The smallest absolute Gasteiger partial charge is 0.493 e. The Hall–Kier alpha value is -10.2. The van der Waals surface area contributed by atoms with Crippen molar-refractivity contribution in [2.75, 3.05) is 19.8 Å². The number of aromatic nitrogens is 2. The summed E-state index contributed by atoms with van der Waals surface area (Å²) in [4.78, 5) is 59.5. The lowest BCUT2D eigenvalue weighted by molar-refractivity contribution is -0.167. The van der Waals surface area contributed by atoms with Crippen molar-refractivity contribution < 1.29 is 96.8 Å². The summed E-state index contributed by atoms with van der Waals surface area (Å²) in [5.74, 6) is -5.90. The first-order valence-corrected chi connectivity index (χ1v) is 34.7. The number of hydrogen-bond donors (Lipinski definition) is 3. The molecule has 550 valence electrons. The molecule has 2 aliphatic rings. The normalized spacial score (nSPS) is 13.9. The largest absolute Gasteiger partial charge is 0.534 e. The number of nitrogens with zero attached hydrogens (tertiary/aromatic N) is 3. The van der Waals surface area contributed by atoms with Gasteiger partial charge in [0, 0.05) is 85.5 Å². The zero-order chi connectivity index (χ0) is 77.1. The van der Waals surface area contributed by atoms with Gasteiger partial charge in [0.1, 0.15) is 29.0 Å². The fourth-order valence-electron chi connectivity index (χ4n) is 13.1. The van der Waals surface area contributed by atoms with E-state index < -0.39 is 103 Å². The van der Waals surface area contributed by atoms with Gasteiger partial charge in [-0.25, -0.2) is 27.6 Å². The summed E-state index contributed by atoms with van der Waals surface area (Å²) in [5.41, 5.74) is 4.58. The standard InChI is InChI=1S/C29H27FN2O5.C29H25FN2O4.C20H21ClF4O6S/c1-14-11-18-19(12-16(30)13-20(18)27(31)33)24(22(14)26(28(34)35)37-29(2,3)4)17-5-6-21-23-15(8-10-36-21)7-9-32-25(17)23;1-15-11-20-17(14-31)12-18(30)13-21(20)25(23(15)27(28(33)34)36-29(2,3)4)19-5-6-22-24-16(8-10-35-22)7-9-32-26(19)24;1-6-29-18(26)17(30-19(3,4)5)15-10(2)7-12-13(8-11(22)9-14(12)21)16(15)31-32(27,28)20(23,24)25/h5-7,9,11-13,26H,8,10H2,1-4H3,(H2,31,33)(H,34,35);5-7,9,11-13,27H,8,10H2,1-4H3,(H,33,34);7-9,17H,6H2,1-5H3/t26-;27-;17-/m000/s1. The van der Waals surface area contributed by atoms with Gasteiger partial charge in [0.25, 0.3) is 0 Å². The molecule has 2 aromatic heterocycles. The zero-order valence-corrected chi connectivity index (χ0v) is 60.8. The second-order valence-corrected chi connectivity index (χ2v) is 30.0. The number of pyridine rings is 2. The van der Waals surface area contributed by atoms with Crippen molar-refractivity contribution in [3.05, 3.63) is 181 Å². The minimum Gasteiger partial charge on any atom is -0.493 e. The summed E-state index contributed by atoms with van der Waals surface area (Å²) >= 11 is 6.03. The van der Waals surface area contributed by atoms with Crippen LogP contribution in [0.15, 0.2) is 103 Å². The number of carboxylic acid groups (broad SMARTS) is 2. The predicted molar refractivity (Wildman–Crippen MR) is 382 cm³/mol. The van der Waals surface area contributed by atoms with Crippen molar-refractivity contribution in [3.8, 4) is 45.6 Å². The van der Waals surface area contributed by atoms with E-state index in [1.165, 1.54) is 38.1 Å². The van der Waals surface area contributed by atoms with Crippen molar-refractivity contribution in [2.24, 2.45) is 5.73 Å². The summed E-state index contributed by atoms with van der Waals surface area (Å²) < 4.78 is 146. The molecule has 0 aliphatic carbocycles. The zero-order valence-electron chi connectivity index (χ0n) is 59.3. The molecule has 105 heavy (non-hydrogen) atoms. The molecular weight excluding hydrogens is 1410 g/mol. The summed E-state index contributed by atoms with van der Waals surface area (Å²) in [6, 6.07) is 24.6. The van der Waals surface area contributed by atoms with Crippen molar-refractivity contribution in [1.29, 1.82) is 5.26 Å². The fraction of sp³-hybridized carbons (Fsp3) is 0.321. The molecule has 19 nitrogen and oxygen atoms in total. The monoisotopic (exact) mass is 1490 g/mol. The Balaban J connectivity index is 0.000000169. The number of esters is 1. The van der Waals surface area contributed by atoms with E-state index in [1.807, 2.05) is 30.3 Å². The molecular formula is C78H73ClF6N4O15S. The maximum Gasteiger partial charge on any atom is 0.534 e. The molecule has 0 saturated carbocycles. The van der Waals surface area contributed by atoms with Crippen LogP contribution in [0.4, 0.5) is 26.3 Å². The fourth-order valence-corrected chi connectivity index (χ4v) is 13.8. The number of hydrogen-bond acceptors (Lipinski definition) is 16. The van der Waals surface area contributed by atoms with E-state index in [0.29, 0.717) is 108 Å². The topological polar surface area (TPSA) is 283 Å². The van der Waals surface area contributed by atoms with Gasteiger partial charge < -0.3 is 48.6 Å². The minimum absolute atomic E-state index is 0.00791. The molecule has 0 unspecified atom stereocenters. The number of ether oxygens (including phenoxy) is 6. The molecule has 27 heteroatoms. The Kier molecular flexibility index (Phi) is 21.7. The van der Waals surface area contributed by atoms with Crippen LogP contribution < -0.4 is 19.4 Å². The maximum absolute atomic E-state index is 14.9. The lowest BCUT2D eigenvalue weighted by Crippen LogP contribution is -2.31. The first kappa shape index (κ1) is 77.4. The van der Waals surface area contributed by atoms with E-state index in [2.05, 4.69) is 20.2 Å². The van der Waals surface area contributed by atoms with Crippen LogP contribution in [-0.2, 0) is 56.3 Å². The van der Waals surface area contributed by atoms with Crippen molar-refractivity contribution in [2.45, 2.75) is 143 Å². The molecule has 10 aromatic rings. The van der Waals surface area contributed by atoms with E-state index in [0.717, 1.165) is 46.5 Å². The summed E-state index contributed by atoms with van der Waals surface area (Å²) in [6.07, 6.45) is 0.443. The number of aryl methyl sites for hydroxylation is 3. The molecule has 12 rings (SSSR count). The number of rotatable bonds is 15. The molecule has 0 fully saturated rings. The molecule has 8 aromatic carbocycles. The van der Waals surface area contributed by atoms with Crippen LogP contribution >= 0.6 is 11.6 Å². The van der Waals surface area contributed by atoms with E-state index in [-0.39, 0.29) is 39.3 Å². The molecule has 2 aliphatic heterocycles. The summed E-state index contributed by atoms with van der Waals surface area (Å²) in [5, 5.41) is 33.1. The molecule has 0 saturated heterocycles. The van der Waals surface area contributed by atoms with Crippen LogP contribution in [0.25, 0.3) is 76.4 Å². The number of alkyl halides is 3. The van der Waals surface area contributed by atoms with Crippen LogP contribution in [0.2, 0.25) is 5.02 Å². The molecule has 0 bridgehead atoms. The van der Waals surface area contributed by atoms with E-state index >= 15 is 0 Å². The highest BCUT2D eigenvalue weighted by Gasteiger charge is 2.50. The number of halogens is 7. The van der Waals surface area contributed by atoms with Crippen molar-refractivity contribution in [3.63, 3.8) is 0 Å². The van der Waals surface area contributed by atoms with Gasteiger partial charge in [-0.1, -0.05) is 17.7 Å². The second-order valence-electron chi connectivity index (χ2n) is 28.0. The SMILES string of the molecule is CCOC(=O)[C@@H](OC(C)(C)C)c1c(C)cc2c(Cl)cc(F)cc2c1OS(=O)(=O)C(F)(F)F.Cc1cc2c(C#N)cc(F)cc2c(-c2ccc3c4c(ccnc24)CCO3)c1[C@H](OC(C)(C)C)C(=O)O.Cc1cc2c(C(N)=O)cc(F)cc2c(-c2ccc3c4c(ccnc24)CCO3)c1[C@H](OC(C)(C)C)C(=O)O. The highest BCUT2D eigenvalue weighted by Crippen LogP contribution is 2.50. The number of nitriles is 1. The van der Waals surface area contributed by atoms with Gasteiger partial charge in [-0.15, -0.1) is 0 Å². The van der Waals surface area contributed by atoms with Gasteiger partial charge >= 0.3 is 33.5 Å². The Morgan fingerprint density at radius 3 is 1.48 bits per heavy atom. The Labute approximate surface area is 604 Å². The molecule has 1 amide bonds. The van der Waals surface area contributed by atoms with Crippen molar-refractivity contribution >= 4 is 99.7 Å². The molecule has 0 spiro atoms. The second kappa shape index (κ2) is 29.4. The molecule has 3 atom stereocenters. The third-order valence-electron chi connectivity index (χ3n) is 17.0. The van der Waals surface area contributed by atoms with Gasteiger partial charge in [-0.05, 0) is 230 Å². The Morgan fingerprint density at radius 1 is 0.600 bits per heavy atom. The number of amides is 1. The maximum atomic E-state index is 14.9. The van der Waals surface area contributed by atoms with Crippen LogP contribution in [-0.4, -0.2) is 94.5 Å². The highest BCUT2D eigenvalue weighted by atomic mass is 35.5. The van der Waals surface area contributed by atoms with Gasteiger partial charge in [0.15, 0.2) is 24.1 Å². The number of aliphatic carboxylic acids is 2. The van der Waals surface area contributed by atoms with Gasteiger partial charge in [-0.2, -0.15) is 26.9 Å². The van der Waals surface area contributed by atoms with Gasteiger partial charge in [0.05, 0.1) is 64.3 Å². The lowest BCUT2D eigenvalue weighted by Gasteiger charge is -2.29. The number of carbonyl (C=O) groups is 4. The van der Waals surface area contributed by atoms with Crippen LogP contribution in [0.3, 0.4) is 0 Å². The molecule has 4 heterocycles. The predicted octanol–water partition coefficient (Wildman–Crippen LogP) is 17.3. The first-order chi connectivity index (χ1) is 49.0. The summed E-state index contributed by atoms with van der Waals surface area (Å²) in [6.45, 7) is 22.8. The Morgan fingerprint density at radius 2 is 1.03 bits per heavy atom. The first-order valence-electron chi connectivity index (χ1n) is 32.9. The number of carbonyl (C=O) groups excluding carboxylic acids is 2. The van der Waals surface area contributed by atoms with Gasteiger partial charge in [-0.3, -0.25) is 14.8 Å².